The van der Waals surface area contributed by atoms with Gasteiger partial charge in [0.2, 0.25) is 5.95 Å². The molecule has 1 fully saturated rings. The minimum Gasteiger partial charge on any atom is -0.481 e. The van der Waals surface area contributed by atoms with E-state index in [0.717, 1.165) is 24.0 Å². The highest BCUT2D eigenvalue weighted by Gasteiger charge is 2.27. The van der Waals surface area contributed by atoms with Crippen molar-refractivity contribution in [2.24, 2.45) is 7.05 Å². The predicted molar refractivity (Wildman–Crippen MR) is 63.9 cm³/mol. The van der Waals surface area contributed by atoms with Crippen molar-refractivity contribution in [2.45, 2.75) is 12.5 Å². The summed E-state index contributed by atoms with van der Waals surface area (Å²) < 4.78 is 1.94. The summed E-state index contributed by atoms with van der Waals surface area (Å²) in [5.74, 6) is 2.01. The van der Waals surface area contributed by atoms with Crippen LogP contribution in [0.1, 0.15) is 6.42 Å². The molecule has 0 saturated carbocycles. The van der Waals surface area contributed by atoms with Gasteiger partial charge >= 0.3 is 5.97 Å². The molecule has 6 heteroatoms. The molecule has 0 aliphatic carbocycles. The van der Waals surface area contributed by atoms with E-state index in [-0.39, 0.29) is 12.5 Å². The highest BCUT2D eigenvalue weighted by Crippen LogP contribution is 2.23. The highest BCUT2D eigenvalue weighted by molar-refractivity contribution is 7.99. The molecular formula is C10H15N3O2S. The minimum absolute atomic E-state index is 0.0531. The summed E-state index contributed by atoms with van der Waals surface area (Å²) in [4.78, 5) is 17.2. The zero-order valence-corrected chi connectivity index (χ0v) is 9.98. The molecule has 5 nitrogen and oxygen atoms in total. The van der Waals surface area contributed by atoms with Gasteiger partial charge in [-0.15, -0.1) is 0 Å². The van der Waals surface area contributed by atoms with E-state index in [9.17, 15) is 4.79 Å². The molecule has 0 spiro atoms. The zero-order chi connectivity index (χ0) is 11.5. The Kier molecular flexibility index (Phi) is 3.38. The maximum Gasteiger partial charge on any atom is 0.305 e. The van der Waals surface area contributed by atoms with Gasteiger partial charge in [0.1, 0.15) is 0 Å². The fourth-order valence-electron chi connectivity index (χ4n) is 1.92. The number of hydrogen-bond acceptors (Lipinski definition) is 4. The Morgan fingerprint density at radius 2 is 2.56 bits per heavy atom. The van der Waals surface area contributed by atoms with Crippen LogP contribution in [0.25, 0.3) is 0 Å². The molecule has 16 heavy (non-hydrogen) atoms. The summed E-state index contributed by atoms with van der Waals surface area (Å²) in [5.41, 5.74) is 0. The van der Waals surface area contributed by atoms with Crippen molar-refractivity contribution in [1.82, 2.24) is 9.55 Å². The van der Waals surface area contributed by atoms with Crippen LogP contribution in [-0.2, 0) is 11.8 Å². The Hall–Kier alpha value is -1.17. The Labute approximate surface area is 98.5 Å². The van der Waals surface area contributed by atoms with Gasteiger partial charge < -0.3 is 14.6 Å². The van der Waals surface area contributed by atoms with Gasteiger partial charge in [-0.2, -0.15) is 11.8 Å². The molecule has 1 aromatic rings. The van der Waals surface area contributed by atoms with Crippen molar-refractivity contribution in [1.29, 1.82) is 0 Å². The van der Waals surface area contributed by atoms with Crippen LogP contribution in [-0.4, -0.2) is 44.7 Å². The van der Waals surface area contributed by atoms with Crippen LogP contribution in [0.2, 0.25) is 0 Å². The van der Waals surface area contributed by atoms with Crippen LogP contribution in [0.3, 0.4) is 0 Å². The molecular weight excluding hydrogens is 226 g/mol. The fraction of sp³-hybridized carbons (Fsp3) is 0.600. The van der Waals surface area contributed by atoms with Crippen LogP contribution in [0.4, 0.5) is 5.95 Å². The highest BCUT2D eigenvalue weighted by atomic mass is 32.2. The third-order valence-corrected chi connectivity index (χ3v) is 3.78. The Morgan fingerprint density at radius 1 is 1.75 bits per heavy atom. The molecule has 1 N–H and O–H groups in total. The number of aliphatic carboxylic acids is 1. The Morgan fingerprint density at radius 3 is 3.19 bits per heavy atom. The van der Waals surface area contributed by atoms with Crippen LogP contribution in [0, 0.1) is 0 Å². The van der Waals surface area contributed by atoms with Crippen LogP contribution in [0.5, 0.6) is 0 Å². The maximum atomic E-state index is 10.8. The van der Waals surface area contributed by atoms with Crippen molar-refractivity contribution in [3.8, 4) is 0 Å². The maximum absolute atomic E-state index is 10.8. The summed E-state index contributed by atoms with van der Waals surface area (Å²) in [6.45, 7) is 0.869. The van der Waals surface area contributed by atoms with Gasteiger partial charge in [0.25, 0.3) is 0 Å². The van der Waals surface area contributed by atoms with Gasteiger partial charge in [-0.3, -0.25) is 4.79 Å². The zero-order valence-electron chi connectivity index (χ0n) is 9.17. The molecule has 88 valence electrons. The summed E-state index contributed by atoms with van der Waals surface area (Å²) >= 11 is 1.81. The van der Waals surface area contributed by atoms with Crippen LogP contribution >= 0.6 is 11.8 Å². The van der Waals surface area contributed by atoms with Crippen molar-refractivity contribution < 1.29 is 9.90 Å². The van der Waals surface area contributed by atoms with Crippen molar-refractivity contribution in [3.05, 3.63) is 12.4 Å². The lowest BCUT2D eigenvalue weighted by atomic mass is 10.2. The summed E-state index contributed by atoms with van der Waals surface area (Å²) in [6.07, 6.45) is 3.81. The first kappa shape index (κ1) is 11.3. The van der Waals surface area contributed by atoms with Crippen molar-refractivity contribution in [3.63, 3.8) is 0 Å². The summed E-state index contributed by atoms with van der Waals surface area (Å²) in [5, 5.41) is 8.89. The van der Waals surface area contributed by atoms with Crippen molar-refractivity contribution in [2.75, 3.05) is 23.0 Å². The predicted octanol–water partition coefficient (Wildman–Crippen LogP) is 0.817. The van der Waals surface area contributed by atoms with Gasteiger partial charge in [-0.1, -0.05) is 0 Å². The fourth-order valence-corrected chi connectivity index (χ4v) is 2.99. The molecule has 1 saturated heterocycles. The number of anilines is 1. The minimum atomic E-state index is -0.744. The molecule has 1 atom stereocenters. The van der Waals surface area contributed by atoms with E-state index in [1.165, 1.54) is 0 Å². The number of rotatable bonds is 3. The molecule has 0 aromatic carbocycles. The Balaban J connectivity index is 2.16. The standard InChI is InChI=1S/C10H15N3O2S/c1-12-3-2-11-10(12)13-4-5-16-7-8(13)6-9(14)15/h2-3,8H,4-7H2,1H3,(H,14,15). The van der Waals surface area contributed by atoms with Gasteiger partial charge in [0.05, 0.1) is 12.5 Å². The average Bonchev–Trinajstić information content (AvgIpc) is 2.64. The number of imidazole rings is 1. The van der Waals surface area contributed by atoms with Gasteiger partial charge in [-0.05, 0) is 0 Å². The van der Waals surface area contributed by atoms with E-state index >= 15 is 0 Å². The summed E-state index contributed by atoms with van der Waals surface area (Å²) in [6, 6.07) is 0.0531. The number of carbonyl (C=O) groups is 1. The van der Waals surface area contributed by atoms with Crippen LogP contribution in [0.15, 0.2) is 12.4 Å². The molecule has 0 radical (unpaired) electrons. The number of hydrogen-bond donors (Lipinski definition) is 1. The second-order valence-corrected chi connectivity index (χ2v) is 5.01. The smallest absolute Gasteiger partial charge is 0.305 e. The lowest BCUT2D eigenvalue weighted by Crippen LogP contribution is -2.44. The van der Waals surface area contributed by atoms with Gasteiger partial charge in [-0.25, -0.2) is 4.98 Å². The number of carboxylic acids is 1. The van der Waals surface area contributed by atoms with Gasteiger partial charge in [0.15, 0.2) is 0 Å². The average molecular weight is 241 g/mol. The first-order chi connectivity index (χ1) is 7.68. The number of thioether (sulfide) groups is 1. The quantitative estimate of drug-likeness (QED) is 0.849. The third-order valence-electron chi connectivity index (χ3n) is 2.69. The van der Waals surface area contributed by atoms with E-state index in [2.05, 4.69) is 9.88 Å². The molecule has 1 aliphatic rings. The van der Waals surface area contributed by atoms with E-state index in [1.54, 1.807) is 6.20 Å². The first-order valence-corrected chi connectivity index (χ1v) is 6.37. The van der Waals surface area contributed by atoms with E-state index < -0.39 is 5.97 Å². The van der Waals surface area contributed by atoms with Crippen LogP contribution < -0.4 is 4.90 Å². The van der Waals surface area contributed by atoms with E-state index in [0.29, 0.717) is 0 Å². The lowest BCUT2D eigenvalue weighted by Gasteiger charge is -2.35. The molecule has 1 aromatic heterocycles. The second-order valence-electron chi connectivity index (χ2n) is 3.86. The topological polar surface area (TPSA) is 58.4 Å². The lowest BCUT2D eigenvalue weighted by molar-refractivity contribution is -0.137. The molecule has 2 rings (SSSR count). The molecule has 0 bridgehead atoms. The SMILES string of the molecule is Cn1ccnc1N1CCSCC1CC(=O)O. The van der Waals surface area contributed by atoms with E-state index in [1.807, 2.05) is 29.6 Å². The molecule has 1 unspecified atom stereocenters. The largest absolute Gasteiger partial charge is 0.481 e. The molecule has 2 heterocycles. The number of aryl methyl sites for hydroxylation is 1. The summed E-state index contributed by atoms with van der Waals surface area (Å²) in [7, 11) is 1.93. The first-order valence-electron chi connectivity index (χ1n) is 5.22. The van der Waals surface area contributed by atoms with E-state index in [4.69, 9.17) is 5.11 Å². The Bertz CT molecular complexity index is 380. The number of nitrogens with zero attached hydrogens (tertiary/aromatic N) is 3. The molecule has 0 amide bonds. The van der Waals surface area contributed by atoms with Gasteiger partial charge in [0, 0.05) is 37.5 Å². The monoisotopic (exact) mass is 241 g/mol. The number of carboxylic acid groups (broad SMARTS) is 1. The number of aromatic nitrogens is 2. The normalized spacial score (nSPS) is 21.1. The second kappa shape index (κ2) is 4.78. The third kappa shape index (κ3) is 2.32. The molecule has 1 aliphatic heterocycles. The van der Waals surface area contributed by atoms with Crippen molar-refractivity contribution >= 4 is 23.7 Å².